The molecule has 0 spiro atoms. The van der Waals surface area contributed by atoms with Crippen molar-refractivity contribution < 1.29 is 4.57 Å². The zero-order valence-corrected chi connectivity index (χ0v) is 21.2. The minimum Gasteiger partial charge on any atom is -0.326 e. The summed E-state index contributed by atoms with van der Waals surface area (Å²) in [6, 6.07) is 9.71. The van der Waals surface area contributed by atoms with E-state index in [1.807, 2.05) is 30.3 Å². The first-order chi connectivity index (χ1) is 17.0. The molecule has 0 radical (unpaired) electrons. The summed E-state index contributed by atoms with van der Waals surface area (Å²) in [6.07, 6.45) is 5.29. The molecule has 3 aromatic rings. The number of fused-ring (bicyclic) bond motifs is 4. The van der Waals surface area contributed by atoms with E-state index in [1.165, 1.54) is 5.57 Å². The van der Waals surface area contributed by atoms with Crippen LogP contribution in [0.25, 0.3) is 26.3 Å². The van der Waals surface area contributed by atoms with E-state index in [1.54, 1.807) is 0 Å². The Hall–Kier alpha value is -3.45. The predicted molar refractivity (Wildman–Crippen MR) is 143 cm³/mol. The quantitative estimate of drug-likeness (QED) is 0.285. The maximum atomic E-state index is 7.41. The number of benzene rings is 2. The van der Waals surface area contributed by atoms with Gasteiger partial charge in [0.05, 0.1) is 34.5 Å². The maximum Gasteiger partial charge on any atom is 0.286 e. The number of rotatable bonds is 5. The average molecular weight is 504 g/mol. The van der Waals surface area contributed by atoms with Crippen LogP contribution in [-0.2, 0) is 13.1 Å². The topological polar surface area (TPSA) is 24.0 Å². The number of aromatic nitrogens is 2. The second kappa shape index (κ2) is 9.30. The summed E-state index contributed by atoms with van der Waals surface area (Å²) in [5, 5.41) is 1.11. The molecular weight excluding hydrogens is 479 g/mol. The molecule has 2 aromatic carbocycles. The Morgan fingerprint density at radius 3 is 2.29 bits per heavy atom. The smallest absolute Gasteiger partial charge is 0.286 e. The number of hydrogen-bond acceptors (Lipinski definition) is 2. The van der Waals surface area contributed by atoms with Crippen molar-refractivity contribution in [1.82, 2.24) is 4.57 Å². The molecule has 0 aliphatic carbocycles. The van der Waals surface area contributed by atoms with Gasteiger partial charge in [0.1, 0.15) is 5.82 Å². The van der Waals surface area contributed by atoms with Gasteiger partial charge in [-0.05, 0) is 50.3 Å². The van der Waals surface area contributed by atoms with Crippen LogP contribution in [0.15, 0.2) is 48.3 Å². The third kappa shape index (κ3) is 3.74. The van der Waals surface area contributed by atoms with E-state index >= 15 is 0 Å². The van der Waals surface area contributed by atoms with E-state index in [4.69, 9.17) is 36.3 Å². The molecule has 8 heteroatoms. The van der Waals surface area contributed by atoms with Gasteiger partial charge >= 0.3 is 0 Å². The fraction of sp³-hybridized carbons (Fsp3) is 0.296. The van der Waals surface area contributed by atoms with Gasteiger partial charge in [-0.15, -0.1) is 0 Å². The van der Waals surface area contributed by atoms with E-state index in [-0.39, 0.29) is 0 Å². The molecule has 0 saturated heterocycles. The lowest BCUT2D eigenvalue weighted by Gasteiger charge is -2.23. The molecule has 0 unspecified atom stereocenters. The number of anilines is 2. The van der Waals surface area contributed by atoms with Gasteiger partial charge in [0, 0.05) is 25.1 Å². The standard InChI is InChI=1S/C27H25Cl2N6/c1-5-32-24-16-20(28)21(29)17-25(24)33(6-2)26(32)10-7-18-11-13-34-23-15-19(31-4)8-9-22(23)35(27(18)34)14-12-30-3/h7-10,15-17H,5-6,11-14H2,1-2H3/q+1. The number of halogens is 2. The fourth-order valence-corrected chi connectivity index (χ4v) is 5.54. The van der Waals surface area contributed by atoms with Crippen molar-refractivity contribution in [3.63, 3.8) is 0 Å². The lowest BCUT2D eigenvalue weighted by Crippen LogP contribution is -2.38. The Morgan fingerprint density at radius 1 is 1.00 bits per heavy atom. The van der Waals surface area contributed by atoms with Crippen LogP contribution in [0.3, 0.4) is 0 Å². The summed E-state index contributed by atoms with van der Waals surface area (Å²) in [4.78, 5) is 11.7. The van der Waals surface area contributed by atoms with Crippen LogP contribution in [-0.4, -0.2) is 24.2 Å². The molecule has 35 heavy (non-hydrogen) atoms. The summed E-state index contributed by atoms with van der Waals surface area (Å²) in [5.41, 5.74) is 6.10. The largest absolute Gasteiger partial charge is 0.326 e. The Labute approximate surface area is 215 Å². The van der Waals surface area contributed by atoms with Gasteiger partial charge in [0.15, 0.2) is 23.3 Å². The summed E-state index contributed by atoms with van der Waals surface area (Å²) in [7, 11) is 0. The van der Waals surface area contributed by atoms with Crippen molar-refractivity contribution in [3.8, 4) is 0 Å². The molecule has 2 aliphatic heterocycles. The predicted octanol–water partition coefficient (Wildman–Crippen LogP) is 6.70. The second-order valence-corrected chi connectivity index (χ2v) is 9.32. The van der Waals surface area contributed by atoms with Crippen molar-refractivity contribution in [2.75, 3.05) is 29.4 Å². The maximum absolute atomic E-state index is 7.41. The van der Waals surface area contributed by atoms with E-state index < -0.39 is 0 Å². The first-order valence-corrected chi connectivity index (χ1v) is 12.5. The van der Waals surface area contributed by atoms with Crippen LogP contribution in [0.1, 0.15) is 26.1 Å². The zero-order valence-electron chi connectivity index (χ0n) is 19.7. The molecule has 0 fully saturated rings. The van der Waals surface area contributed by atoms with Crippen LogP contribution < -0.4 is 14.4 Å². The van der Waals surface area contributed by atoms with Crippen molar-refractivity contribution in [2.24, 2.45) is 0 Å². The summed E-state index contributed by atoms with van der Waals surface area (Å²) < 4.78 is 4.52. The highest BCUT2D eigenvalue weighted by molar-refractivity contribution is 6.42. The van der Waals surface area contributed by atoms with Crippen LogP contribution in [0.2, 0.25) is 10.0 Å². The number of imidazole rings is 1. The fourth-order valence-electron chi connectivity index (χ4n) is 5.22. The first-order valence-electron chi connectivity index (χ1n) is 11.7. The molecule has 2 aliphatic rings. The van der Waals surface area contributed by atoms with Crippen molar-refractivity contribution in [3.05, 3.63) is 87.0 Å². The number of allylic oxidation sites excluding steroid dienone is 3. The first kappa shape index (κ1) is 23.3. The molecule has 176 valence electrons. The lowest BCUT2D eigenvalue weighted by molar-refractivity contribution is -0.670. The number of hydrogen-bond donors (Lipinski definition) is 0. The minimum absolute atomic E-state index is 0.416. The van der Waals surface area contributed by atoms with Crippen molar-refractivity contribution in [2.45, 2.75) is 33.4 Å². The SMILES string of the molecule is [C-]#[N+]CC[n+]1c2n(c3cc([N+]#[C-])ccc31)CCC2=CC=C1N(CC)c2cc(Cl)c(Cl)cc2N1CC. The highest BCUT2D eigenvalue weighted by Crippen LogP contribution is 2.45. The summed E-state index contributed by atoms with van der Waals surface area (Å²) in [5.74, 6) is 2.21. The molecule has 0 bridgehead atoms. The van der Waals surface area contributed by atoms with Gasteiger partial charge in [0.25, 0.3) is 12.4 Å². The Morgan fingerprint density at radius 2 is 1.69 bits per heavy atom. The van der Waals surface area contributed by atoms with E-state index in [0.29, 0.717) is 28.8 Å². The number of nitrogens with zero attached hydrogens (tertiary/aromatic N) is 6. The molecule has 5 rings (SSSR count). The zero-order chi connectivity index (χ0) is 24.7. The normalized spacial score (nSPS) is 15.5. The van der Waals surface area contributed by atoms with Gasteiger partial charge in [-0.25, -0.2) is 20.6 Å². The minimum atomic E-state index is 0.416. The molecule has 1 aromatic heterocycles. The van der Waals surface area contributed by atoms with E-state index in [9.17, 15) is 0 Å². The van der Waals surface area contributed by atoms with Gasteiger partial charge in [-0.1, -0.05) is 29.3 Å². The van der Waals surface area contributed by atoms with Crippen LogP contribution in [0.4, 0.5) is 17.1 Å². The van der Waals surface area contributed by atoms with Crippen LogP contribution in [0, 0.1) is 13.1 Å². The molecule has 0 atom stereocenters. The Kier molecular flexibility index (Phi) is 6.19. The number of aryl methyl sites for hydroxylation is 1. The van der Waals surface area contributed by atoms with Gasteiger partial charge in [0.2, 0.25) is 0 Å². The molecule has 6 nitrogen and oxygen atoms in total. The van der Waals surface area contributed by atoms with E-state index in [2.05, 4.69) is 54.6 Å². The summed E-state index contributed by atoms with van der Waals surface area (Å²) >= 11 is 12.7. The average Bonchev–Trinajstić information content (AvgIpc) is 3.50. The van der Waals surface area contributed by atoms with Crippen LogP contribution >= 0.6 is 23.2 Å². The highest BCUT2D eigenvalue weighted by Gasteiger charge is 2.34. The van der Waals surface area contributed by atoms with E-state index in [0.717, 1.165) is 60.1 Å². The monoisotopic (exact) mass is 503 g/mol. The third-order valence-corrected chi connectivity index (χ3v) is 7.45. The molecular formula is C27H25Cl2N6+. The highest BCUT2D eigenvalue weighted by atomic mass is 35.5. The van der Waals surface area contributed by atoms with Crippen molar-refractivity contribution >= 4 is 56.9 Å². The molecule has 0 amide bonds. The van der Waals surface area contributed by atoms with Gasteiger partial charge in [-0.2, -0.15) is 0 Å². The Bertz CT molecular complexity index is 1450. The van der Waals surface area contributed by atoms with Crippen molar-refractivity contribution in [1.29, 1.82) is 0 Å². The molecule has 0 N–H and O–H groups in total. The van der Waals surface area contributed by atoms with Gasteiger partial charge in [-0.3, -0.25) is 0 Å². The second-order valence-electron chi connectivity index (χ2n) is 8.50. The van der Waals surface area contributed by atoms with Gasteiger partial charge < -0.3 is 14.6 Å². The Balaban J connectivity index is 1.62. The third-order valence-electron chi connectivity index (χ3n) is 6.73. The molecule has 0 saturated carbocycles. The van der Waals surface area contributed by atoms with Crippen LogP contribution in [0.5, 0.6) is 0 Å². The molecule has 3 heterocycles. The summed E-state index contributed by atoms with van der Waals surface area (Å²) in [6.45, 7) is 22.5. The lowest BCUT2D eigenvalue weighted by atomic mass is 10.2.